The van der Waals surface area contributed by atoms with Gasteiger partial charge in [0.05, 0.1) is 6.20 Å². The number of hydrogen-bond acceptors (Lipinski definition) is 2. The zero-order valence-electron chi connectivity index (χ0n) is 11.0. The first kappa shape index (κ1) is 14.2. The van der Waals surface area contributed by atoms with Crippen molar-refractivity contribution in [1.82, 2.24) is 15.1 Å². The fourth-order valence-electron chi connectivity index (χ4n) is 2.14. The molecular weight excluding hydrogens is 309 g/mol. The van der Waals surface area contributed by atoms with Gasteiger partial charge in [-0.1, -0.05) is 28.9 Å². The molecule has 1 aromatic carbocycles. The summed E-state index contributed by atoms with van der Waals surface area (Å²) in [5.41, 5.74) is 1.78. The van der Waals surface area contributed by atoms with Crippen molar-refractivity contribution in [2.75, 3.05) is 6.54 Å². The van der Waals surface area contributed by atoms with Crippen LogP contribution in [0.1, 0.15) is 24.1 Å². The lowest BCUT2D eigenvalue weighted by molar-refractivity contribution is 0.509. The summed E-state index contributed by atoms with van der Waals surface area (Å²) in [5.74, 6) is -0.191. The van der Waals surface area contributed by atoms with E-state index in [1.807, 2.05) is 38.5 Å². The number of aryl methyl sites for hydroxylation is 1. The molecule has 0 aliphatic carbocycles. The number of likely N-dealkylation sites (N-methyl/N-ethyl adjacent to an activating group) is 1. The Morgan fingerprint density at radius 3 is 2.84 bits per heavy atom. The van der Waals surface area contributed by atoms with Gasteiger partial charge < -0.3 is 5.32 Å². The fourth-order valence-corrected chi connectivity index (χ4v) is 2.47. The number of halogens is 2. The molecule has 1 unspecified atom stereocenters. The molecule has 0 saturated carbocycles. The van der Waals surface area contributed by atoms with Gasteiger partial charge in [-0.15, -0.1) is 0 Å². The Labute approximate surface area is 121 Å². The first-order chi connectivity index (χ1) is 9.10. The summed E-state index contributed by atoms with van der Waals surface area (Å²) in [6.07, 6.45) is 4.50. The third kappa shape index (κ3) is 3.64. The zero-order valence-corrected chi connectivity index (χ0v) is 12.6. The topological polar surface area (TPSA) is 29.9 Å². The van der Waals surface area contributed by atoms with Gasteiger partial charge in [0.15, 0.2) is 0 Å². The lowest BCUT2D eigenvalue weighted by Gasteiger charge is -2.18. The monoisotopic (exact) mass is 325 g/mol. The highest BCUT2D eigenvalue weighted by atomic mass is 79.9. The molecule has 0 bridgehead atoms. The van der Waals surface area contributed by atoms with Gasteiger partial charge in [-0.3, -0.25) is 4.68 Å². The molecule has 1 N–H and O–H groups in total. The van der Waals surface area contributed by atoms with Crippen molar-refractivity contribution >= 4 is 15.9 Å². The summed E-state index contributed by atoms with van der Waals surface area (Å²) in [6.45, 7) is 2.81. The van der Waals surface area contributed by atoms with Gasteiger partial charge in [0.25, 0.3) is 0 Å². The van der Waals surface area contributed by atoms with Crippen molar-refractivity contribution in [2.24, 2.45) is 7.05 Å². The minimum Gasteiger partial charge on any atom is -0.310 e. The van der Waals surface area contributed by atoms with Crippen LogP contribution in [0.4, 0.5) is 4.39 Å². The largest absolute Gasteiger partial charge is 0.310 e. The quantitative estimate of drug-likeness (QED) is 0.914. The Morgan fingerprint density at radius 2 is 2.26 bits per heavy atom. The van der Waals surface area contributed by atoms with E-state index in [9.17, 15) is 4.39 Å². The maximum atomic E-state index is 14.0. The van der Waals surface area contributed by atoms with E-state index in [0.29, 0.717) is 5.56 Å². The molecule has 0 amide bonds. The number of hydrogen-bond donors (Lipinski definition) is 1. The molecule has 0 aliphatic rings. The van der Waals surface area contributed by atoms with Crippen LogP contribution in [0, 0.1) is 5.82 Å². The lowest BCUT2D eigenvalue weighted by atomic mass is 10.00. The number of nitrogens with zero attached hydrogens (tertiary/aromatic N) is 2. The van der Waals surface area contributed by atoms with E-state index in [0.717, 1.165) is 23.0 Å². The first-order valence-corrected chi connectivity index (χ1v) is 7.05. The molecular formula is C14H17BrFN3. The molecule has 1 atom stereocenters. The van der Waals surface area contributed by atoms with Crippen LogP contribution in [-0.2, 0) is 13.5 Å². The molecule has 1 aromatic heterocycles. The van der Waals surface area contributed by atoms with Gasteiger partial charge in [-0.2, -0.15) is 5.10 Å². The normalized spacial score (nSPS) is 12.6. The molecule has 0 aliphatic heterocycles. The van der Waals surface area contributed by atoms with Crippen LogP contribution in [0.2, 0.25) is 0 Å². The highest BCUT2D eigenvalue weighted by molar-refractivity contribution is 9.10. The van der Waals surface area contributed by atoms with E-state index >= 15 is 0 Å². The highest BCUT2D eigenvalue weighted by Gasteiger charge is 2.16. The predicted molar refractivity (Wildman–Crippen MR) is 77.4 cm³/mol. The van der Waals surface area contributed by atoms with E-state index in [2.05, 4.69) is 26.3 Å². The van der Waals surface area contributed by atoms with E-state index < -0.39 is 0 Å². The standard InChI is InChI=1S/C14H17BrFN3/c1-3-17-14(6-10-8-18-19(2)9-10)12-5-4-11(15)7-13(12)16/h4-5,7-9,14,17H,3,6H2,1-2H3. The SMILES string of the molecule is CCNC(Cc1cnn(C)c1)c1ccc(Br)cc1F. The number of rotatable bonds is 5. The zero-order chi connectivity index (χ0) is 13.8. The summed E-state index contributed by atoms with van der Waals surface area (Å²) >= 11 is 3.28. The fraction of sp³-hybridized carbons (Fsp3) is 0.357. The van der Waals surface area contributed by atoms with E-state index in [1.165, 1.54) is 6.07 Å². The van der Waals surface area contributed by atoms with Crippen LogP contribution in [0.25, 0.3) is 0 Å². The third-order valence-corrected chi connectivity index (χ3v) is 3.48. The number of benzene rings is 1. The molecule has 1 heterocycles. The highest BCUT2D eigenvalue weighted by Crippen LogP contribution is 2.24. The molecule has 3 nitrogen and oxygen atoms in total. The number of aromatic nitrogens is 2. The third-order valence-electron chi connectivity index (χ3n) is 2.99. The molecule has 2 aromatic rings. The summed E-state index contributed by atoms with van der Waals surface area (Å²) in [6, 6.07) is 5.15. The number of nitrogens with one attached hydrogen (secondary N) is 1. The molecule has 0 radical (unpaired) electrons. The van der Waals surface area contributed by atoms with Crippen molar-refractivity contribution in [3.63, 3.8) is 0 Å². The second kappa shape index (κ2) is 6.30. The summed E-state index contributed by atoms with van der Waals surface area (Å²) in [5, 5.41) is 7.47. The van der Waals surface area contributed by atoms with E-state index in [1.54, 1.807) is 4.68 Å². The Balaban J connectivity index is 2.23. The second-order valence-electron chi connectivity index (χ2n) is 4.50. The Morgan fingerprint density at radius 1 is 1.47 bits per heavy atom. The van der Waals surface area contributed by atoms with Crippen LogP contribution in [0.5, 0.6) is 0 Å². The maximum absolute atomic E-state index is 14.0. The van der Waals surface area contributed by atoms with Crippen LogP contribution in [-0.4, -0.2) is 16.3 Å². The van der Waals surface area contributed by atoms with Gasteiger partial charge in [-0.25, -0.2) is 4.39 Å². The Bertz CT molecular complexity index is 553. The molecule has 2 rings (SSSR count). The van der Waals surface area contributed by atoms with Crippen molar-refractivity contribution in [3.8, 4) is 0 Å². The average Bonchev–Trinajstić information content (AvgIpc) is 2.74. The molecule has 5 heteroatoms. The second-order valence-corrected chi connectivity index (χ2v) is 5.42. The van der Waals surface area contributed by atoms with Gasteiger partial charge in [0, 0.05) is 29.3 Å². The molecule has 19 heavy (non-hydrogen) atoms. The van der Waals surface area contributed by atoms with Gasteiger partial charge in [0.1, 0.15) is 5.82 Å². The van der Waals surface area contributed by atoms with Crippen LogP contribution in [0.15, 0.2) is 35.1 Å². The van der Waals surface area contributed by atoms with Crippen molar-refractivity contribution < 1.29 is 4.39 Å². The van der Waals surface area contributed by atoms with Crippen LogP contribution >= 0.6 is 15.9 Å². The van der Waals surface area contributed by atoms with Crippen molar-refractivity contribution in [2.45, 2.75) is 19.4 Å². The summed E-state index contributed by atoms with van der Waals surface area (Å²) in [4.78, 5) is 0. The van der Waals surface area contributed by atoms with E-state index in [-0.39, 0.29) is 11.9 Å². The first-order valence-electron chi connectivity index (χ1n) is 6.26. The average molecular weight is 326 g/mol. The predicted octanol–water partition coefficient (Wildman–Crippen LogP) is 3.22. The lowest BCUT2D eigenvalue weighted by Crippen LogP contribution is -2.23. The van der Waals surface area contributed by atoms with Gasteiger partial charge in [0.2, 0.25) is 0 Å². The van der Waals surface area contributed by atoms with Crippen molar-refractivity contribution in [1.29, 1.82) is 0 Å². The van der Waals surface area contributed by atoms with Gasteiger partial charge in [-0.05, 0) is 30.7 Å². The maximum Gasteiger partial charge on any atom is 0.129 e. The van der Waals surface area contributed by atoms with E-state index in [4.69, 9.17) is 0 Å². The molecule has 0 saturated heterocycles. The molecule has 0 spiro atoms. The summed E-state index contributed by atoms with van der Waals surface area (Å²) in [7, 11) is 1.88. The molecule has 0 fully saturated rings. The van der Waals surface area contributed by atoms with Crippen LogP contribution < -0.4 is 5.32 Å². The van der Waals surface area contributed by atoms with Crippen LogP contribution in [0.3, 0.4) is 0 Å². The smallest absolute Gasteiger partial charge is 0.129 e. The Hall–Kier alpha value is -1.20. The van der Waals surface area contributed by atoms with Gasteiger partial charge >= 0.3 is 0 Å². The minimum absolute atomic E-state index is 0.0395. The Kier molecular flexibility index (Phi) is 4.71. The van der Waals surface area contributed by atoms with Crippen molar-refractivity contribution in [3.05, 3.63) is 52.0 Å². The molecule has 102 valence electrons. The minimum atomic E-state index is -0.191. The summed E-state index contributed by atoms with van der Waals surface area (Å²) < 4.78 is 16.6.